The molecule has 0 bridgehead atoms. The minimum Gasteiger partial charge on any atom is -0.306 e. The van der Waals surface area contributed by atoms with Gasteiger partial charge in [0.2, 0.25) is 0 Å². The standard InChI is InChI=1S/C12H11FN4O/c1-7-11(15-16-14-7)12(18)17-6-5-8-9(13)3-2-4-10(8)17/h2-4H,5-6H2,1H3,(H,14,15,16). The van der Waals surface area contributed by atoms with Crippen molar-refractivity contribution in [3.63, 3.8) is 0 Å². The summed E-state index contributed by atoms with van der Waals surface area (Å²) in [6.45, 7) is 2.18. The number of aryl methyl sites for hydroxylation is 1. The van der Waals surface area contributed by atoms with Crippen LogP contribution in [0.3, 0.4) is 0 Å². The van der Waals surface area contributed by atoms with E-state index < -0.39 is 0 Å². The molecule has 1 aliphatic heterocycles. The smallest absolute Gasteiger partial charge is 0.280 e. The number of hydrogen-bond acceptors (Lipinski definition) is 3. The van der Waals surface area contributed by atoms with Crippen LogP contribution in [0, 0.1) is 12.7 Å². The molecule has 0 aliphatic carbocycles. The van der Waals surface area contributed by atoms with Crippen LogP contribution in [-0.2, 0) is 6.42 Å². The lowest BCUT2D eigenvalue weighted by Gasteiger charge is -2.15. The minimum absolute atomic E-state index is 0.245. The fraction of sp³-hybridized carbons (Fsp3) is 0.250. The molecule has 6 heteroatoms. The van der Waals surface area contributed by atoms with E-state index >= 15 is 0 Å². The Hall–Kier alpha value is -2.24. The van der Waals surface area contributed by atoms with Gasteiger partial charge in [0, 0.05) is 12.1 Å². The summed E-state index contributed by atoms with van der Waals surface area (Å²) in [5, 5.41) is 10.1. The highest BCUT2D eigenvalue weighted by Crippen LogP contribution is 2.30. The maximum atomic E-state index is 13.6. The molecule has 0 radical (unpaired) electrons. The van der Waals surface area contributed by atoms with Crippen LogP contribution in [0.5, 0.6) is 0 Å². The lowest BCUT2D eigenvalue weighted by atomic mass is 10.1. The molecule has 0 saturated heterocycles. The highest BCUT2D eigenvalue weighted by Gasteiger charge is 2.29. The van der Waals surface area contributed by atoms with Gasteiger partial charge in [0.1, 0.15) is 5.82 Å². The van der Waals surface area contributed by atoms with Crippen LogP contribution in [0.25, 0.3) is 0 Å². The summed E-state index contributed by atoms with van der Waals surface area (Å²) in [6, 6.07) is 4.77. The minimum atomic E-state index is -0.264. The zero-order valence-corrected chi connectivity index (χ0v) is 9.77. The number of aromatic nitrogens is 3. The van der Waals surface area contributed by atoms with Crippen LogP contribution in [0.1, 0.15) is 21.7 Å². The van der Waals surface area contributed by atoms with Gasteiger partial charge in [0.05, 0.1) is 11.4 Å². The largest absolute Gasteiger partial charge is 0.306 e. The van der Waals surface area contributed by atoms with E-state index in [1.807, 2.05) is 0 Å². The fourth-order valence-corrected chi connectivity index (χ4v) is 2.22. The highest BCUT2D eigenvalue weighted by atomic mass is 19.1. The summed E-state index contributed by atoms with van der Waals surface area (Å²) < 4.78 is 13.6. The lowest BCUT2D eigenvalue weighted by molar-refractivity contribution is 0.0984. The predicted molar refractivity (Wildman–Crippen MR) is 62.9 cm³/mol. The Morgan fingerprint density at radius 1 is 1.44 bits per heavy atom. The first kappa shape index (κ1) is 10.9. The Balaban J connectivity index is 2.00. The van der Waals surface area contributed by atoms with E-state index in [9.17, 15) is 9.18 Å². The summed E-state index contributed by atoms with van der Waals surface area (Å²) in [7, 11) is 0. The van der Waals surface area contributed by atoms with E-state index in [1.165, 1.54) is 6.07 Å². The van der Waals surface area contributed by atoms with Crippen molar-refractivity contribution in [1.29, 1.82) is 0 Å². The maximum Gasteiger partial charge on any atom is 0.280 e. The van der Waals surface area contributed by atoms with E-state index in [2.05, 4.69) is 15.4 Å². The summed E-state index contributed by atoms with van der Waals surface area (Å²) in [5.74, 6) is -0.509. The van der Waals surface area contributed by atoms with Gasteiger partial charge in [0.25, 0.3) is 5.91 Å². The van der Waals surface area contributed by atoms with Gasteiger partial charge in [-0.2, -0.15) is 15.4 Å². The van der Waals surface area contributed by atoms with Gasteiger partial charge in [-0.05, 0) is 25.5 Å². The molecule has 1 aromatic carbocycles. The van der Waals surface area contributed by atoms with Gasteiger partial charge in [-0.3, -0.25) is 4.79 Å². The first-order valence-electron chi connectivity index (χ1n) is 5.65. The summed E-state index contributed by atoms with van der Waals surface area (Å²) >= 11 is 0. The second-order valence-corrected chi connectivity index (χ2v) is 4.20. The number of H-pyrrole nitrogens is 1. The number of nitrogens with zero attached hydrogens (tertiary/aromatic N) is 3. The third-order valence-corrected chi connectivity index (χ3v) is 3.14. The third-order valence-electron chi connectivity index (χ3n) is 3.14. The van der Waals surface area contributed by atoms with Crippen LogP contribution in [0.2, 0.25) is 0 Å². The summed E-state index contributed by atoms with van der Waals surface area (Å²) in [4.78, 5) is 13.8. The molecule has 3 rings (SSSR count). The second-order valence-electron chi connectivity index (χ2n) is 4.20. The Morgan fingerprint density at radius 3 is 3.00 bits per heavy atom. The molecule has 1 N–H and O–H groups in total. The van der Waals surface area contributed by atoms with E-state index in [0.29, 0.717) is 29.9 Å². The van der Waals surface area contributed by atoms with Crippen molar-refractivity contribution in [1.82, 2.24) is 15.4 Å². The van der Waals surface area contributed by atoms with Gasteiger partial charge in [-0.1, -0.05) is 6.07 Å². The Labute approximate surface area is 103 Å². The normalized spacial score (nSPS) is 13.8. The molecule has 1 aromatic heterocycles. The quantitative estimate of drug-likeness (QED) is 0.828. The van der Waals surface area contributed by atoms with E-state index in [0.717, 1.165) is 0 Å². The molecule has 1 amide bonds. The number of aromatic amines is 1. The molecule has 0 unspecified atom stereocenters. The zero-order valence-electron chi connectivity index (χ0n) is 9.77. The molecule has 5 nitrogen and oxygen atoms in total. The van der Waals surface area contributed by atoms with Crippen molar-refractivity contribution in [3.8, 4) is 0 Å². The average Bonchev–Trinajstić information content (AvgIpc) is 2.95. The molecular weight excluding hydrogens is 235 g/mol. The number of hydrogen-bond donors (Lipinski definition) is 1. The SMILES string of the molecule is Cc1n[nH]nc1C(=O)N1CCc2c(F)cccc21. The molecule has 0 fully saturated rings. The van der Waals surface area contributed by atoms with Crippen LogP contribution in [0.4, 0.5) is 10.1 Å². The average molecular weight is 246 g/mol. The Kier molecular flexibility index (Phi) is 2.36. The van der Waals surface area contributed by atoms with Crippen LogP contribution in [-0.4, -0.2) is 27.9 Å². The molecule has 1 aliphatic rings. The number of rotatable bonds is 1. The summed E-state index contributed by atoms with van der Waals surface area (Å²) in [5.41, 5.74) is 2.05. The number of amides is 1. The lowest BCUT2D eigenvalue weighted by Crippen LogP contribution is -2.29. The molecule has 92 valence electrons. The Morgan fingerprint density at radius 2 is 2.28 bits per heavy atom. The van der Waals surface area contributed by atoms with Crippen LogP contribution < -0.4 is 4.90 Å². The van der Waals surface area contributed by atoms with E-state index in [4.69, 9.17) is 0 Å². The number of benzene rings is 1. The highest BCUT2D eigenvalue weighted by molar-refractivity contribution is 6.06. The first-order valence-corrected chi connectivity index (χ1v) is 5.65. The predicted octanol–water partition coefficient (Wildman–Crippen LogP) is 1.46. The van der Waals surface area contributed by atoms with Crippen molar-refractivity contribution >= 4 is 11.6 Å². The van der Waals surface area contributed by atoms with Gasteiger partial charge >= 0.3 is 0 Å². The number of fused-ring (bicyclic) bond motifs is 1. The van der Waals surface area contributed by atoms with Gasteiger partial charge < -0.3 is 4.90 Å². The fourth-order valence-electron chi connectivity index (χ4n) is 2.22. The number of carbonyl (C=O) groups is 1. The van der Waals surface area contributed by atoms with Crippen LogP contribution >= 0.6 is 0 Å². The topological polar surface area (TPSA) is 61.9 Å². The molecule has 0 spiro atoms. The second kappa shape index (κ2) is 3.90. The first-order chi connectivity index (χ1) is 8.68. The van der Waals surface area contributed by atoms with Crippen molar-refractivity contribution in [2.24, 2.45) is 0 Å². The van der Waals surface area contributed by atoms with E-state index in [1.54, 1.807) is 24.0 Å². The zero-order chi connectivity index (χ0) is 12.7. The third kappa shape index (κ3) is 1.49. The van der Waals surface area contributed by atoms with E-state index in [-0.39, 0.29) is 17.4 Å². The number of anilines is 1. The molecule has 0 atom stereocenters. The molecule has 2 aromatic rings. The molecule has 0 saturated carbocycles. The molecular formula is C12H11FN4O. The molecule has 2 heterocycles. The van der Waals surface area contributed by atoms with Gasteiger partial charge in [-0.15, -0.1) is 0 Å². The monoisotopic (exact) mass is 246 g/mol. The van der Waals surface area contributed by atoms with Crippen molar-refractivity contribution in [2.75, 3.05) is 11.4 Å². The number of halogens is 1. The van der Waals surface area contributed by atoms with Crippen LogP contribution in [0.15, 0.2) is 18.2 Å². The Bertz CT molecular complexity index is 622. The number of carbonyl (C=O) groups excluding carboxylic acids is 1. The van der Waals surface area contributed by atoms with Crippen molar-refractivity contribution in [2.45, 2.75) is 13.3 Å². The summed E-state index contributed by atoms with van der Waals surface area (Å²) in [6.07, 6.45) is 0.532. The number of nitrogens with one attached hydrogen (secondary N) is 1. The van der Waals surface area contributed by atoms with Crippen molar-refractivity contribution < 1.29 is 9.18 Å². The molecule has 18 heavy (non-hydrogen) atoms. The maximum absolute atomic E-state index is 13.6. The van der Waals surface area contributed by atoms with Gasteiger partial charge in [0.15, 0.2) is 5.69 Å². The van der Waals surface area contributed by atoms with Gasteiger partial charge in [-0.25, -0.2) is 4.39 Å². The van der Waals surface area contributed by atoms with Crippen molar-refractivity contribution in [3.05, 3.63) is 41.0 Å².